The van der Waals surface area contributed by atoms with Gasteiger partial charge in [0.25, 0.3) is 0 Å². The van der Waals surface area contributed by atoms with Crippen molar-refractivity contribution in [3.05, 3.63) is 0 Å². The third-order valence-corrected chi connectivity index (χ3v) is 2.94. The first kappa shape index (κ1) is 26.4. The van der Waals surface area contributed by atoms with Gasteiger partial charge in [0.2, 0.25) is 11.6 Å². The second kappa shape index (κ2) is 10.4. The van der Waals surface area contributed by atoms with Crippen molar-refractivity contribution < 1.29 is 64.2 Å². The zero-order valence-electron chi connectivity index (χ0n) is 13.5. The van der Waals surface area contributed by atoms with Gasteiger partial charge >= 0.3 is 31.6 Å². The van der Waals surface area contributed by atoms with Crippen molar-refractivity contribution in [2.24, 2.45) is 10.5 Å². The summed E-state index contributed by atoms with van der Waals surface area (Å²) in [5.74, 6) is -7.57. The summed E-state index contributed by atoms with van der Waals surface area (Å²) < 4.78 is 13.1. The molecule has 0 fully saturated rings. The molecule has 0 aliphatic rings. The smallest absolute Gasteiger partial charge is 0.451 e. The van der Waals surface area contributed by atoms with Gasteiger partial charge in [0.15, 0.2) is 6.10 Å². The molecule has 0 aromatic heterocycles. The Morgan fingerprint density at radius 1 is 1.11 bits per heavy atom. The minimum Gasteiger partial charge on any atom is -0.481 e. The fourth-order valence-electron chi connectivity index (χ4n) is 1.22. The Morgan fingerprint density at radius 3 is 1.81 bits per heavy atom. The molecular weight excluding hydrogens is 401 g/mol. The van der Waals surface area contributed by atoms with E-state index in [-0.39, 0.29) is 0 Å². The number of nitrogens with zero attached hydrogens (tertiary/aromatic N) is 2. The maximum Gasteiger partial charge on any atom is 0.451 e. The number of hydrogen-bond donors (Lipinski definition) is 9. The van der Waals surface area contributed by atoms with E-state index in [1.54, 1.807) is 0 Å². The molecule has 10 N–H and O–H groups in total. The van der Waals surface area contributed by atoms with Gasteiger partial charge in [-0.3, -0.25) is 9.59 Å². The Bertz CT molecular complexity index is 659. The number of aliphatic hydroxyl groups is 2. The van der Waals surface area contributed by atoms with Crippen LogP contribution in [0, 0.1) is 0 Å². The van der Waals surface area contributed by atoms with Gasteiger partial charge in [0.1, 0.15) is 6.54 Å². The van der Waals surface area contributed by atoms with Crippen molar-refractivity contribution in [1.82, 2.24) is 4.90 Å². The topological polar surface area (TPSA) is 289 Å². The standard InChI is InChI=1S/C6H8O8.C4H10N3O5P/c7-2(8)1-6(14,5(12)13)3(9)4(10)11;1-7(2-3(8)9)4(5)6-13(10,11)12/h3,9,14H,1H2,(H,7,8)(H,10,11)(H,12,13);2H2,1H3,(H,8,9)(H4,5,6,10,11,12). The van der Waals surface area contributed by atoms with Crippen molar-refractivity contribution in [2.75, 3.05) is 13.6 Å². The Labute approximate surface area is 150 Å². The van der Waals surface area contributed by atoms with E-state index in [9.17, 15) is 23.7 Å². The van der Waals surface area contributed by atoms with Gasteiger partial charge in [-0.15, -0.1) is 4.76 Å². The van der Waals surface area contributed by atoms with E-state index >= 15 is 0 Å². The number of hydrogen-bond acceptors (Lipinski definition) is 7. The van der Waals surface area contributed by atoms with E-state index in [1.165, 1.54) is 7.05 Å². The lowest BCUT2D eigenvalue weighted by Crippen LogP contribution is -2.54. The number of carboxylic acid groups (broad SMARTS) is 4. The van der Waals surface area contributed by atoms with E-state index in [0.29, 0.717) is 0 Å². The second-order valence-corrected chi connectivity index (χ2v) is 5.99. The van der Waals surface area contributed by atoms with Crippen LogP contribution in [0.15, 0.2) is 4.76 Å². The van der Waals surface area contributed by atoms with E-state index in [1.807, 2.05) is 0 Å². The Morgan fingerprint density at radius 2 is 1.56 bits per heavy atom. The Balaban J connectivity index is 0. The van der Waals surface area contributed by atoms with Crippen molar-refractivity contribution in [3.8, 4) is 0 Å². The molecule has 16 nitrogen and oxygen atoms in total. The summed E-state index contributed by atoms with van der Waals surface area (Å²) in [5.41, 5.74) is 1.85. The number of guanidine groups is 1. The first-order valence-corrected chi connectivity index (χ1v) is 7.93. The highest BCUT2D eigenvalue weighted by Gasteiger charge is 2.49. The first-order valence-electron chi connectivity index (χ1n) is 6.36. The average molecular weight is 419 g/mol. The Kier molecular flexibility index (Phi) is 10.2. The predicted molar refractivity (Wildman–Crippen MR) is 82.4 cm³/mol. The maximum absolute atomic E-state index is 10.4. The molecule has 0 saturated carbocycles. The molecule has 156 valence electrons. The summed E-state index contributed by atoms with van der Waals surface area (Å²) in [4.78, 5) is 58.4. The summed E-state index contributed by atoms with van der Waals surface area (Å²) in [6.07, 6.45) is -4.11. The van der Waals surface area contributed by atoms with Crippen LogP contribution in [0.1, 0.15) is 6.42 Å². The first-order chi connectivity index (χ1) is 11.9. The lowest BCUT2D eigenvalue weighted by atomic mass is 9.93. The summed E-state index contributed by atoms with van der Waals surface area (Å²) in [7, 11) is -3.34. The molecule has 0 radical (unpaired) electrons. The van der Waals surface area contributed by atoms with Crippen LogP contribution < -0.4 is 5.73 Å². The van der Waals surface area contributed by atoms with Crippen LogP contribution in [0.3, 0.4) is 0 Å². The van der Waals surface area contributed by atoms with Crippen molar-refractivity contribution in [1.29, 1.82) is 0 Å². The number of carboxylic acids is 4. The molecule has 2 atom stereocenters. The Hall–Kier alpha value is -2.78. The summed E-state index contributed by atoms with van der Waals surface area (Å²) in [6.45, 7) is -0.477. The molecule has 17 heteroatoms. The fourth-order valence-corrected chi connectivity index (χ4v) is 1.64. The quantitative estimate of drug-likeness (QED) is 0.103. The van der Waals surface area contributed by atoms with Gasteiger partial charge in [-0.1, -0.05) is 0 Å². The molecule has 0 aliphatic heterocycles. The van der Waals surface area contributed by atoms with Crippen LogP contribution in [0.5, 0.6) is 0 Å². The van der Waals surface area contributed by atoms with Crippen LogP contribution in [-0.2, 0) is 23.7 Å². The number of rotatable bonds is 8. The molecule has 2 unspecified atom stereocenters. The second-order valence-electron chi connectivity index (χ2n) is 4.76. The molecule has 0 amide bonds. The van der Waals surface area contributed by atoms with Crippen LogP contribution in [-0.4, -0.2) is 100 Å². The number of likely N-dealkylation sites (N-methyl/N-ethyl adjacent to an activating group) is 1. The van der Waals surface area contributed by atoms with Gasteiger partial charge in [-0.2, -0.15) is 0 Å². The molecule has 0 spiro atoms. The molecule has 0 aromatic carbocycles. The van der Waals surface area contributed by atoms with E-state index in [4.69, 9.17) is 46.2 Å². The number of aliphatic hydroxyl groups excluding tert-OH is 1. The minimum atomic E-state index is -4.59. The van der Waals surface area contributed by atoms with Crippen LogP contribution in [0.4, 0.5) is 0 Å². The zero-order valence-corrected chi connectivity index (χ0v) is 14.4. The largest absolute Gasteiger partial charge is 0.481 e. The molecule has 0 rings (SSSR count). The molecule has 0 aromatic rings. The lowest BCUT2D eigenvalue weighted by Gasteiger charge is -2.23. The van der Waals surface area contributed by atoms with Crippen LogP contribution in [0.2, 0.25) is 0 Å². The third kappa shape index (κ3) is 10.7. The van der Waals surface area contributed by atoms with Gasteiger partial charge in [0, 0.05) is 7.05 Å². The van der Waals surface area contributed by atoms with E-state index in [2.05, 4.69) is 4.76 Å². The lowest BCUT2D eigenvalue weighted by molar-refractivity contribution is -0.187. The van der Waals surface area contributed by atoms with Crippen LogP contribution in [0.25, 0.3) is 0 Å². The highest BCUT2D eigenvalue weighted by Crippen LogP contribution is 2.35. The SMILES string of the molecule is CN(CC(=O)O)/C(N)=N/P(=O)(O)O.O=C(O)CC(O)(C(=O)O)C(O)C(=O)O. The molecular formula is C10H18N3O13P. The number of carbonyl (C=O) groups is 4. The number of nitrogens with two attached hydrogens (primary N) is 1. The molecule has 27 heavy (non-hydrogen) atoms. The van der Waals surface area contributed by atoms with Crippen molar-refractivity contribution >= 4 is 37.6 Å². The normalized spacial score (nSPS) is 14.8. The molecule has 0 saturated heterocycles. The third-order valence-electron chi connectivity index (χ3n) is 2.47. The van der Waals surface area contributed by atoms with Gasteiger partial charge in [-0.25, -0.2) is 14.2 Å². The average Bonchev–Trinajstić information content (AvgIpc) is 2.43. The van der Waals surface area contributed by atoms with Crippen LogP contribution >= 0.6 is 7.75 Å². The molecule has 0 heterocycles. The van der Waals surface area contributed by atoms with E-state index < -0.39 is 62.3 Å². The highest BCUT2D eigenvalue weighted by atomic mass is 31.2. The fraction of sp³-hybridized carbons (Fsp3) is 0.500. The molecule has 0 bridgehead atoms. The zero-order chi connectivity index (χ0) is 22.2. The predicted octanol–water partition coefficient (Wildman–Crippen LogP) is -3.87. The van der Waals surface area contributed by atoms with Gasteiger partial charge < -0.3 is 51.1 Å². The summed E-state index contributed by atoms with van der Waals surface area (Å²) in [5, 5.41) is 50.9. The van der Waals surface area contributed by atoms with Gasteiger partial charge in [-0.05, 0) is 0 Å². The summed E-state index contributed by atoms with van der Waals surface area (Å²) >= 11 is 0. The monoisotopic (exact) mass is 419 g/mol. The molecule has 0 aliphatic carbocycles. The van der Waals surface area contributed by atoms with E-state index in [0.717, 1.165) is 4.90 Å². The maximum atomic E-state index is 10.4. The summed E-state index contributed by atoms with van der Waals surface area (Å²) in [6, 6.07) is 0. The van der Waals surface area contributed by atoms with Gasteiger partial charge in [0.05, 0.1) is 6.42 Å². The van der Waals surface area contributed by atoms with Crippen molar-refractivity contribution in [2.45, 2.75) is 18.1 Å². The minimum absolute atomic E-state index is 0.477. The number of aliphatic carboxylic acids is 4. The van der Waals surface area contributed by atoms with Crippen molar-refractivity contribution in [3.63, 3.8) is 0 Å². The highest BCUT2D eigenvalue weighted by molar-refractivity contribution is 7.50.